The number of hydrogen-bond donors (Lipinski definition) is 1. The number of nitrogens with zero attached hydrogens (tertiary/aromatic N) is 1. The fourth-order valence-corrected chi connectivity index (χ4v) is 3.45. The van der Waals surface area contributed by atoms with Crippen molar-refractivity contribution in [2.45, 2.75) is 6.42 Å². The summed E-state index contributed by atoms with van der Waals surface area (Å²) in [6.07, 6.45) is 1.11. The molecule has 1 N–H and O–H groups in total. The third-order valence-electron chi connectivity index (χ3n) is 2.84. The predicted octanol–water partition coefficient (Wildman–Crippen LogP) is 2.19. The highest BCUT2D eigenvalue weighted by molar-refractivity contribution is 9.10. The van der Waals surface area contributed by atoms with Crippen LogP contribution in [0.4, 0.5) is 0 Å². The highest BCUT2D eigenvalue weighted by Crippen LogP contribution is 2.24. The Hall–Kier alpha value is -0.390. The van der Waals surface area contributed by atoms with Gasteiger partial charge in [0.2, 0.25) is 0 Å². The summed E-state index contributed by atoms with van der Waals surface area (Å²) in [4.78, 5) is 14.9. The largest absolute Gasteiger partial charge is 0.338 e. The molecule has 0 aromatic carbocycles. The molecule has 1 aliphatic heterocycles. The zero-order chi connectivity index (χ0) is 11.5. The maximum atomic E-state index is 12.1. The van der Waals surface area contributed by atoms with Gasteiger partial charge in [-0.25, -0.2) is 0 Å². The second-order valence-corrected chi connectivity index (χ2v) is 5.92. The van der Waals surface area contributed by atoms with Gasteiger partial charge in [-0.05, 0) is 47.9 Å². The number of halogens is 1. The SMILES string of the molecule is CNCC1CCN(C(=O)c2cc(Br)cs2)C1. The normalized spacial score (nSPS) is 20.4. The minimum Gasteiger partial charge on any atom is -0.338 e. The van der Waals surface area contributed by atoms with Crippen molar-refractivity contribution in [2.75, 3.05) is 26.7 Å². The molecule has 0 aliphatic carbocycles. The van der Waals surface area contributed by atoms with Crippen LogP contribution >= 0.6 is 27.3 Å². The monoisotopic (exact) mass is 302 g/mol. The summed E-state index contributed by atoms with van der Waals surface area (Å²) in [6, 6.07) is 1.90. The summed E-state index contributed by atoms with van der Waals surface area (Å²) in [5, 5.41) is 5.12. The highest BCUT2D eigenvalue weighted by Gasteiger charge is 2.26. The number of rotatable bonds is 3. The molecule has 1 atom stereocenters. The molecule has 1 aromatic heterocycles. The third-order valence-corrected chi connectivity index (χ3v) is 4.52. The Bertz CT molecular complexity index is 380. The van der Waals surface area contributed by atoms with Crippen LogP contribution in [0, 0.1) is 5.92 Å². The van der Waals surface area contributed by atoms with E-state index in [0.717, 1.165) is 35.4 Å². The third kappa shape index (κ3) is 2.64. The lowest BCUT2D eigenvalue weighted by atomic mass is 10.1. The maximum absolute atomic E-state index is 12.1. The average Bonchev–Trinajstić information content (AvgIpc) is 2.87. The van der Waals surface area contributed by atoms with Crippen molar-refractivity contribution in [3.05, 3.63) is 20.8 Å². The predicted molar refractivity (Wildman–Crippen MR) is 70.0 cm³/mol. The Morgan fingerprint density at radius 2 is 2.56 bits per heavy atom. The van der Waals surface area contributed by atoms with Crippen molar-refractivity contribution in [3.8, 4) is 0 Å². The molecule has 0 radical (unpaired) electrons. The quantitative estimate of drug-likeness (QED) is 0.928. The number of carbonyl (C=O) groups is 1. The van der Waals surface area contributed by atoms with Gasteiger partial charge in [0.25, 0.3) is 5.91 Å². The zero-order valence-corrected chi connectivity index (χ0v) is 11.6. The average molecular weight is 303 g/mol. The Labute approximate surface area is 108 Å². The van der Waals surface area contributed by atoms with Gasteiger partial charge >= 0.3 is 0 Å². The molecule has 2 rings (SSSR count). The van der Waals surface area contributed by atoms with Gasteiger partial charge in [-0.3, -0.25) is 4.79 Å². The van der Waals surface area contributed by atoms with E-state index in [1.807, 2.05) is 23.4 Å². The van der Waals surface area contributed by atoms with E-state index in [1.165, 1.54) is 11.3 Å². The summed E-state index contributed by atoms with van der Waals surface area (Å²) < 4.78 is 0.992. The Balaban J connectivity index is 1.97. The van der Waals surface area contributed by atoms with Crippen molar-refractivity contribution in [1.82, 2.24) is 10.2 Å². The molecular formula is C11H15BrN2OS. The van der Waals surface area contributed by atoms with Gasteiger partial charge in [-0.2, -0.15) is 0 Å². The van der Waals surface area contributed by atoms with E-state index in [2.05, 4.69) is 21.2 Å². The van der Waals surface area contributed by atoms with Crippen LogP contribution in [0.25, 0.3) is 0 Å². The standard InChI is InChI=1S/C11H15BrN2OS/c1-13-5-8-2-3-14(6-8)11(15)10-4-9(12)7-16-10/h4,7-8,13H,2-3,5-6H2,1H3. The minimum atomic E-state index is 0.175. The van der Waals surface area contributed by atoms with E-state index < -0.39 is 0 Å². The number of nitrogens with one attached hydrogen (secondary N) is 1. The molecule has 3 nitrogen and oxygen atoms in total. The number of likely N-dealkylation sites (tertiary alicyclic amines) is 1. The molecule has 0 saturated carbocycles. The molecule has 1 aromatic rings. The van der Waals surface area contributed by atoms with Crippen LogP contribution in [-0.2, 0) is 0 Å². The molecule has 1 aliphatic rings. The van der Waals surface area contributed by atoms with E-state index in [1.54, 1.807) is 0 Å². The first-order valence-electron chi connectivity index (χ1n) is 5.38. The van der Waals surface area contributed by atoms with Gasteiger partial charge in [0, 0.05) is 22.9 Å². The number of hydrogen-bond acceptors (Lipinski definition) is 3. The number of thiophene rings is 1. The number of amides is 1. The topological polar surface area (TPSA) is 32.3 Å². The fraction of sp³-hybridized carbons (Fsp3) is 0.545. The van der Waals surface area contributed by atoms with Crippen molar-refractivity contribution >= 4 is 33.2 Å². The summed E-state index contributed by atoms with van der Waals surface area (Å²) in [5.41, 5.74) is 0. The lowest BCUT2D eigenvalue weighted by molar-refractivity contribution is 0.0792. The summed E-state index contributed by atoms with van der Waals surface area (Å²) >= 11 is 4.88. The Kier molecular flexibility index (Phi) is 4.00. The van der Waals surface area contributed by atoms with Gasteiger partial charge in [0.1, 0.15) is 0 Å². The molecule has 1 amide bonds. The summed E-state index contributed by atoms with van der Waals surface area (Å²) in [7, 11) is 1.96. The smallest absolute Gasteiger partial charge is 0.263 e. The molecule has 0 bridgehead atoms. The van der Waals surface area contributed by atoms with Crippen molar-refractivity contribution in [1.29, 1.82) is 0 Å². The summed E-state index contributed by atoms with van der Waals surface area (Å²) in [5.74, 6) is 0.784. The van der Waals surface area contributed by atoms with Crippen molar-refractivity contribution in [2.24, 2.45) is 5.92 Å². The van der Waals surface area contributed by atoms with Gasteiger partial charge in [-0.1, -0.05) is 0 Å². The first-order chi connectivity index (χ1) is 7.70. The van der Waals surface area contributed by atoms with Crippen LogP contribution in [0.2, 0.25) is 0 Å². The van der Waals surface area contributed by atoms with Gasteiger partial charge in [-0.15, -0.1) is 11.3 Å². The van der Waals surface area contributed by atoms with Gasteiger partial charge < -0.3 is 10.2 Å². The highest BCUT2D eigenvalue weighted by atomic mass is 79.9. The van der Waals surface area contributed by atoms with Gasteiger partial charge in [0.05, 0.1) is 4.88 Å². The maximum Gasteiger partial charge on any atom is 0.263 e. The molecule has 1 saturated heterocycles. The van der Waals surface area contributed by atoms with Crippen LogP contribution in [0.3, 0.4) is 0 Å². The van der Waals surface area contributed by atoms with E-state index in [0.29, 0.717) is 5.92 Å². The molecule has 1 unspecified atom stereocenters. The second kappa shape index (κ2) is 5.29. The Morgan fingerprint density at radius 1 is 1.75 bits per heavy atom. The number of carbonyl (C=O) groups excluding carboxylic acids is 1. The van der Waals surface area contributed by atoms with E-state index in [9.17, 15) is 4.79 Å². The van der Waals surface area contributed by atoms with Crippen LogP contribution < -0.4 is 5.32 Å². The first kappa shape index (κ1) is 12.1. The second-order valence-electron chi connectivity index (χ2n) is 4.09. The van der Waals surface area contributed by atoms with Crippen LogP contribution in [0.1, 0.15) is 16.1 Å². The molecule has 2 heterocycles. The molecule has 88 valence electrons. The van der Waals surface area contributed by atoms with Gasteiger partial charge in [0.15, 0.2) is 0 Å². The zero-order valence-electron chi connectivity index (χ0n) is 9.20. The van der Waals surface area contributed by atoms with E-state index in [4.69, 9.17) is 0 Å². The lowest BCUT2D eigenvalue weighted by Gasteiger charge is -2.15. The Morgan fingerprint density at radius 3 is 3.19 bits per heavy atom. The molecule has 16 heavy (non-hydrogen) atoms. The van der Waals surface area contributed by atoms with Crippen LogP contribution in [0.15, 0.2) is 15.9 Å². The summed E-state index contributed by atoms with van der Waals surface area (Å²) in [6.45, 7) is 2.77. The van der Waals surface area contributed by atoms with Crippen LogP contribution in [-0.4, -0.2) is 37.5 Å². The fourth-order valence-electron chi connectivity index (χ4n) is 2.05. The van der Waals surface area contributed by atoms with Crippen molar-refractivity contribution < 1.29 is 4.79 Å². The molecule has 0 spiro atoms. The minimum absolute atomic E-state index is 0.175. The lowest BCUT2D eigenvalue weighted by Crippen LogP contribution is -2.29. The van der Waals surface area contributed by atoms with Crippen molar-refractivity contribution in [3.63, 3.8) is 0 Å². The first-order valence-corrected chi connectivity index (χ1v) is 7.06. The van der Waals surface area contributed by atoms with Crippen LogP contribution in [0.5, 0.6) is 0 Å². The van der Waals surface area contributed by atoms with E-state index in [-0.39, 0.29) is 5.91 Å². The molecular weight excluding hydrogens is 288 g/mol. The molecule has 5 heteroatoms. The molecule has 1 fully saturated rings. The van der Waals surface area contributed by atoms with E-state index >= 15 is 0 Å².